The number of rotatable bonds is 14. The summed E-state index contributed by atoms with van der Waals surface area (Å²) in [5, 5.41) is 30.9. The van der Waals surface area contributed by atoms with Gasteiger partial charge >= 0.3 is 12.0 Å². The zero-order chi connectivity index (χ0) is 34.1. The molecule has 1 aliphatic heterocycles. The van der Waals surface area contributed by atoms with E-state index in [1.165, 1.54) is 25.5 Å². The number of hydrogen-bond donors (Lipinski definition) is 4. The van der Waals surface area contributed by atoms with Crippen LogP contribution >= 0.6 is 38.5 Å². The number of ether oxygens (including phenoxy) is 4. The van der Waals surface area contributed by atoms with Gasteiger partial charge in [0.15, 0.2) is 17.7 Å². The molecule has 248 valence electrons. The number of benzene rings is 3. The van der Waals surface area contributed by atoms with Crippen LogP contribution in [0.4, 0.5) is 10.5 Å². The van der Waals surface area contributed by atoms with Crippen molar-refractivity contribution in [2.24, 2.45) is 5.10 Å². The quantitative estimate of drug-likeness (QED) is 0.0428. The minimum Gasteiger partial charge on any atom is -0.490 e. The van der Waals surface area contributed by atoms with E-state index >= 15 is 0 Å². The second-order valence-corrected chi connectivity index (χ2v) is 12.0. The first-order valence-electron chi connectivity index (χ1n) is 14.1. The number of halogens is 2. The van der Waals surface area contributed by atoms with E-state index in [9.17, 15) is 24.8 Å². The molecular formula is C31H31BrIN5O9. The van der Waals surface area contributed by atoms with Crippen molar-refractivity contribution < 1.29 is 38.6 Å². The third-order valence-corrected chi connectivity index (χ3v) is 7.93. The van der Waals surface area contributed by atoms with Gasteiger partial charge in [-0.2, -0.15) is 5.10 Å². The van der Waals surface area contributed by atoms with Crippen LogP contribution in [0.2, 0.25) is 0 Å². The smallest absolute Gasteiger partial charge is 0.337 e. The number of aliphatic hydroxyl groups excluding tert-OH is 1. The van der Waals surface area contributed by atoms with E-state index in [1.54, 1.807) is 50.2 Å². The molecule has 0 saturated carbocycles. The summed E-state index contributed by atoms with van der Waals surface area (Å²) in [6.45, 7) is 3.69. The highest BCUT2D eigenvalue weighted by atomic mass is 127. The Morgan fingerprint density at radius 1 is 1.17 bits per heavy atom. The molecule has 0 radical (unpaired) electrons. The Morgan fingerprint density at radius 3 is 2.60 bits per heavy atom. The fraction of sp³-hybridized carbons (Fsp3) is 0.258. The van der Waals surface area contributed by atoms with Gasteiger partial charge in [0.05, 0.1) is 40.0 Å². The average Bonchev–Trinajstić information content (AvgIpc) is 3.03. The number of aliphatic hydroxyl groups is 1. The van der Waals surface area contributed by atoms with Crippen molar-refractivity contribution >= 4 is 62.4 Å². The number of carbonyl (C=O) groups is 2. The number of methoxy groups -OCH3 is 1. The Morgan fingerprint density at radius 2 is 1.91 bits per heavy atom. The molecule has 3 aromatic carbocycles. The predicted octanol–water partition coefficient (Wildman–Crippen LogP) is 5.06. The summed E-state index contributed by atoms with van der Waals surface area (Å²) >= 11 is 5.60. The summed E-state index contributed by atoms with van der Waals surface area (Å²) in [5.74, 6) is 0.613. The number of carbonyl (C=O) groups excluding carboxylic acids is 2. The fourth-order valence-electron chi connectivity index (χ4n) is 4.51. The number of amides is 2. The first-order chi connectivity index (χ1) is 22.5. The van der Waals surface area contributed by atoms with E-state index < -0.39 is 29.2 Å². The molecule has 4 rings (SSSR count). The van der Waals surface area contributed by atoms with Crippen LogP contribution in [0.15, 0.2) is 75.4 Å². The lowest BCUT2D eigenvalue weighted by Gasteiger charge is -2.28. The van der Waals surface area contributed by atoms with Gasteiger partial charge in [-0.05, 0) is 84.0 Å². The van der Waals surface area contributed by atoms with Crippen LogP contribution in [0, 0.1) is 13.7 Å². The summed E-state index contributed by atoms with van der Waals surface area (Å²) < 4.78 is 24.1. The molecule has 0 aromatic heterocycles. The Labute approximate surface area is 291 Å². The highest BCUT2D eigenvalue weighted by molar-refractivity contribution is 14.1. The monoisotopic (exact) mass is 823 g/mol. The first-order valence-corrected chi connectivity index (χ1v) is 16.0. The Hall–Kier alpha value is -4.42. The highest BCUT2D eigenvalue weighted by Crippen LogP contribution is 2.35. The van der Waals surface area contributed by atoms with Gasteiger partial charge in [0.25, 0.3) is 5.69 Å². The third kappa shape index (κ3) is 9.32. The number of esters is 1. The normalized spacial score (nSPS) is 15.0. The van der Waals surface area contributed by atoms with Crippen LogP contribution in [-0.2, 0) is 16.1 Å². The molecule has 0 bridgehead atoms. The molecule has 0 saturated heterocycles. The zero-order valence-electron chi connectivity index (χ0n) is 25.4. The predicted molar refractivity (Wildman–Crippen MR) is 183 cm³/mol. The minimum absolute atomic E-state index is 0.00605. The maximum Gasteiger partial charge on any atom is 0.337 e. The van der Waals surface area contributed by atoms with Gasteiger partial charge in [-0.15, -0.1) is 0 Å². The lowest BCUT2D eigenvalue weighted by Crippen LogP contribution is -2.45. The summed E-state index contributed by atoms with van der Waals surface area (Å²) in [7, 11) is 1.26. The van der Waals surface area contributed by atoms with Gasteiger partial charge in [0, 0.05) is 27.9 Å². The van der Waals surface area contributed by atoms with E-state index in [1.807, 2.05) is 6.07 Å². The van der Waals surface area contributed by atoms with Crippen molar-refractivity contribution in [1.82, 2.24) is 16.1 Å². The van der Waals surface area contributed by atoms with E-state index in [0.29, 0.717) is 40.7 Å². The number of hydrogen-bond acceptors (Lipinski definition) is 11. The van der Waals surface area contributed by atoms with Gasteiger partial charge in [0.2, 0.25) is 0 Å². The summed E-state index contributed by atoms with van der Waals surface area (Å²) in [6.07, 6.45) is 0.278. The summed E-state index contributed by atoms with van der Waals surface area (Å²) in [4.78, 5) is 35.1. The second kappa shape index (κ2) is 16.4. The molecule has 0 aliphatic carbocycles. The number of allylic oxidation sites excluding steroid dienone is 1. The van der Waals surface area contributed by atoms with E-state index in [-0.39, 0.29) is 24.5 Å². The lowest BCUT2D eigenvalue weighted by molar-refractivity contribution is -0.384. The number of urea groups is 1. The Bertz CT molecular complexity index is 1700. The summed E-state index contributed by atoms with van der Waals surface area (Å²) in [5.41, 5.74) is 5.16. The number of nitrogens with one attached hydrogen (secondary N) is 3. The molecule has 2 atom stereocenters. The molecule has 0 unspecified atom stereocenters. The molecule has 0 spiro atoms. The van der Waals surface area contributed by atoms with Crippen molar-refractivity contribution in [3.63, 3.8) is 0 Å². The van der Waals surface area contributed by atoms with Gasteiger partial charge in [-0.25, -0.2) is 9.59 Å². The maximum atomic E-state index is 12.5. The van der Waals surface area contributed by atoms with Crippen molar-refractivity contribution in [1.29, 1.82) is 0 Å². The standard InChI is InChI=1S/C31H31BrIN5O9/c1-4-45-25-12-19(28-27(30(40)44-3)17(2)35-31(41)36-28)7-10-24(25)46-16-26(39)37-34-14-20-11-21(32)13-23(33)29(20)47-15-18-5-8-22(9-6-18)38(42)43/h5-14,26,28,37,39H,4,15-16H2,1-3H3,(H2,35,36,41)/b34-14+/t26-,28+/m0/s1. The number of nitro groups is 1. The largest absolute Gasteiger partial charge is 0.490 e. The van der Waals surface area contributed by atoms with Crippen molar-refractivity contribution in [2.45, 2.75) is 32.7 Å². The molecule has 1 aliphatic rings. The fourth-order valence-corrected chi connectivity index (χ4v) is 6.22. The van der Waals surface area contributed by atoms with Gasteiger partial charge in [0.1, 0.15) is 19.0 Å². The SMILES string of the molecule is CCOc1cc([C@H]2NC(=O)NC(C)=C2C(=O)OC)ccc1OC[C@H](O)N/N=C/c1cc(Br)cc(I)c1OCc1ccc([N+](=O)[O-])cc1. The van der Waals surface area contributed by atoms with Crippen LogP contribution in [0.5, 0.6) is 17.2 Å². The zero-order valence-corrected chi connectivity index (χ0v) is 29.2. The van der Waals surface area contributed by atoms with Crippen molar-refractivity contribution in [3.8, 4) is 17.2 Å². The third-order valence-electron chi connectivity index (χ3n) is 6.67. The molecule has 4 N–H and O–H groups in total. The van der Waals surface area contributed by atoms with E-state index in [2.05, 4.69) is 59.7 Å². The molecule has 14 nitrogen and oxygen atoms in total. The molecule has 16 heteroatoms. The van der Waals surface area contributed by atoms with Crippen molar-refractivity contribution in [3.05, 3.63) is 101 Å². The lowest BCUT2D eigenvalue weighted by atomic mass is 9.95. The van der Waals surface area contributed by atoms with Crippen LogP contribution in [0.3, 0.4) is 0 Å². The molecule has 0 fully saturated rings. The highest BCUT2D eigenvalue weighted by Gasteiger charge is 2.32. The van der Waals surface area contributed by atoms with Crippen LogP contribution in [0.25, 0.3) is 0 Å². The first kappa shape index (κ1) is 35.4. The number of non-ortho nitro benzene ring substituents is 1. The maximum absolute atomic E-state index is 12.5. The van der Waals surface area contributed by atoms with Crippen LogP contribution in [0.1, 0.15) is 36.6 Å². The van der Waals surface area contributed by atoms with E-state index in [4.69, 9.17) is 18.9 Å². The number of nitrogens with zero attached hydrogens (tertiary/aromatic N) is 2. The Kier molecular flexibility index (Phi) is 12.4. The van der Waals surface area contributed by atoms with E-state index in [0.717, 1.165) is 13.6 Å². The van der Waals surface area contributed by atoms with Gasteiger partial charge in [-0.1, -0.05) is 22.0 Å². The second-order valence-electron chi connectivity index (χ2n) is 9.93. The van der Waals surface area contributed by atoms with Crippen molar-refractivity contribution in [2.75, 3.05) is 20.3 Å². The summed E-state index contributed by atoms with van der Waals surface area (Å²) in [6, 6.07) is 13.4. The molecule has 1 heterocycles. The molecule has 3 aromatic rings. The number of hydrazone groups is 1. The van der Waals surface area contributed by atoms with Crippen LogP contribution in [-0.4, -0.2) is 54.8 Å². The number of nitro benzene ring substituents is 1. The van der Waals surface area contributed by atoms with Gasteiger partial charge < -0.3 is 34.7 Å². The Balaban J connectivity index is 1.42. The average molecular weight is 824 g/mol. The van der Waals surface area contributed by atoms with Gasteiger partial charge in [-0.3, -0.25) is 15.5 Å². The van der Waals surface area contributed by atoms with Crippen LogP contribution < -0.4 is 30.3 Å². The minimum atomic E-state index is -1.21. The topological polar surface area (TPSA) is 183 Å². The molecular weight excluding hydrogens is 793 g/mol. The molecule has 2 amide bonds. The molecule has 47 heavy (non-hydrogen) atoms.